The maximum absolute atomic E-state index is 11.9. The van der Waals surface area contributed by atoms with Gasteiger partial charge >= 0.3 is 5.97 Å². The topological polar surface area (TPSA) is 94.1 Å². The normalized spacial score (nSPS) is 17.4. The van der Waals surface area contributed by atoms with Gasteiger partial charge in [-0.2, -0.15) is 5.10 Å². The largest absolute Gasteiger partial charge is 0.484 e. The van der Waals surface area contributed by atoms with Gasteiger partial charge in [-0.15, -0.1) is 0 Å². The molecule has 146 valence electrons. The van der Waals surface area contributed by atoms with Crippen molar-refractivity contribution in [3.05, 3.63) is 29.8 Å². The Morgan fingerprint density at radius 2 is 1.89 bits per heavy atom. The van der Waals surface area contributed by atoms with Crippen molar-refractivity contribution in [2.75, 3.05) is 13.2 Å². The second kappa shape index (κ2) is 9.30. The predicted octanol–water partition coefficient (Wildman–Crippen LogP) is 2.88. The molecule has 0 aliphatic heterocycles. The smallest absolute Gasteiger partial charge is 0.338 e. The number of hydrazone groups is 1. The summed E-state index contributed by atoms with van der Waals surface area (Å²) in [6.07, 6.45) is 2.25. The number of nitrogens with one attached hydrogen (secondary N) is 1. The van der Waals surface area contributed by atoms with Crippen molar-refractivity contribution in [3.8, 4) is 5.75 Å². The van der Waals surface area contributed by atoms with E-state index in [0.717, 1.165) is 6.42 Å². The molecular weight excluding hydrogens is 348 g/mol. The molecule has 0 heterocycles. The summed E-state index contributed by atoms with van der Waals surface area (Å²) in [6, 6.07) is 6.37. The van der Waals surface area contributed by atoms with Crippen LogP contribution in [0, 0.1) is 5.41 Å². The van der Waals surface area contributed by atoms with Gasteiger partial charge < -0.3 is 9.47 Å². The fourth-order valence-electron chi connectivity index (χ4n) is 2.87. The summed E-state index contributed by atoms with van der Waals surface area (Å²) < 4.78 is 10.4. The Balaban J connectivity index is 1.81. The fourth-order valence-corrected chi connectivity index (χ4v) is 2.87. The van der Waals surface area contributed by atoms with Crippen LogP contribution < -0.4 is 10.2 Å². The maximum atomic E-state index is 11.9. The number of benzene rings is 1. The number of ketones is 1. The first-order valence-electron chi connectivity index (χ1n) is 9.05. The Kier molecular flexibility index (Phi) is 7.10. The second-order valence-corrected chi connectivity index (χ2v) is 7.40. The van der Waals surface area contributed by atoms with Gasteiger partial charge in [0, 0.05) is 18.6 Å². The summed E-state index contributed by atoms with van der Waals surface area (Å²) >= 11 is 0. The maximum Gasteiger partial charge on any atom is 0.338 e. The van der Waals surface area contributed by atoms with Crippen molar-refractivity contribution >= 4 is 23.4 Å². The molecule has 27 heavy (non-hydrogen) atoms. The summed E-state index contributed by atoms with van der Waals surface area (Å²) in [4.78, 5) is 35.3. The quantitative estimate of drug-likeness (QED) is 0.585. The minimum absolute atomic E-state index is 0.130. The highest BCUT2D eigenvalue weighted by molar-refractivity contribution is 6.05. The highest BCUT2D eigenvalue weighted by Crippen LogP contribution is 2.31. The molecule has 0 atom stereocenters. The Bertz CT molecular complexity index is 722. The number of ether oxygens (including phenoxy) is 2. The molecule has 7 heteroatoms. The first-order valence-corrected chi connectivity index (χ1v) is 9.05. The molecule has 0 radical (unpaired) electrons. The van der Waals surface area contributed by atoms with Gasteiger partial charge in [-0.25, -0.2) is 10.2 Å². The average Bonchev–Trinajstić information content (AvgIpc) is 2.61. The highest BCUT2D eigenvalue weighted by Gasteiger charge is 2.30. The van der Waals surface area contributed by atoms with Crippen molar-refractivity contribution in [2.45, 2.75) is 46.5 Å². The lowest BCUT2D eigenvalue weighted by molar-refractivity contribution is -0.123. The van der Waals surface area contributed by atoms with Gasteiger partial charge in [0.05, 0.1) is 12.2 Å². The zero-order valence-electron chi connectivity index (χ0n) is 16.0. The third-order valence-electron chi connectivity index (χ3n) is 4.00. The summed E-state index contributed by atoms with van der Waals surface area (Å²) in [5.74, 6) is -0.210. The van der Waals surface area contributed by atoms with Crippen LogP contribution in [0.5, 0.6) is 5.75 Å². The van der Waals surface area contributed by atoms with E-state index in [0.29, 0.717) is 36.5 Å². The molecular formula is C20H26N2O5. The van der Waals surface area contributed by atoms with Crippen LogP contribution in [0.1, 0.15) is 56.8 Å². The molecule has 1 aromatic carbocycles. The van der Waals surface area contributed by atoms with Crippen molar-refractivity contribution < 1.29 is 23.9 Å². The molecule has 1 aliphatic rings. The van der Waals surface area contributed by atoms with Crippen molar-refractivity contribution in [1.82, 2.24) is 5.43 Å². The van der Waals surface area contributed by atoms with Crippen molar-refractivity contribution in [3.63, 3.8) is 0 Å². The molecule has 1 saturated carbocycles. The molecule has 0 unspecified atom stereocenters. The standard InChI is InChI=1S/C20H26N2O5/c1-4-9-26-19(25)14-5-7-17(8-6-14)27-13-18(24)22-21-15-10-16(23)12-20(2,3)11-15/h5-8H,4,9-13H2,1-3H3,(H,22,24)/b21-15-. The number of carbonyl (C=O) groups excluding carboxylic acids is 3. The molecule has 0 spiro atoms. The molecule has 1 N–H and O–H groups in total. The molecule has 7 nitrogen and oxygen atoms in total. The minimum Gasteiger partial charge on any atom is -0.484 e. The number of rotatable bonds is 7. The van der Waals surface area contributed by atoms with Gasteiger partial charge in [-0.3, -0.25) is 9.59 Å². The van der Waals surface area contributed by atoms with E-state index in [1.54, 1.807) is 24.3 Å². The van der Waals surface area contributed by atoms with Gasteiger partial charge in [-0.05, 0) is 42.5 Å². The number of nitrogens with zero attached hydrogens (tertiary/aromatic N) is 1. The molecule has 2 rings (SSSR count). The SMILES string of the molecule is CCCOC(=O)c1ccc(OCC(=O)N/N=C2/CC(=O)CC(C)(C)C2)cc1. The first kappa shape index (κ1) is 20.6. The second-order valence-electron chi connectivity index (χ2n) is 7.40. The summed E-state index contributed by atoms with van der Waals surface area (Å²) in [7, 11) is 0. The fraction of sp³-hybridized carbons (Fsp3) is 0.500. The van der Waals surface area contributed by atoms with Crippen LogP contribution in [-0.2, 0) is 14.3 Å². The van der Waals surface area contributed by atoms with Crippen LogP contribution in [-0.4, -0.2) is 36.6 Å². The number of carbonyl (C=O) groups is 3. The van der Waals surface area contributed by atoms with Crippen LogP contribution in [0.25, 0.3) is 0 Å². The van der Waals surface area contributed by atoms with Gasteiger partial charge in [0.15, 0.2) is 6.61 Å². The van der Waals surface area contributed by atoms with Gasteiger partial charge in [0.1, 0.15) is 11.5 Å². The molecule has 0 bridgehead atoms. The lowest BCUT2D eigenvalue weighted by atomic mass is 9.76. The highest BCUT2D eigenvalue weighted by atomic mass is 16.5. The minimum atomic E-state index is -0.412. The number of hydrogen-bond donors (Lipinski definition) is 1. The molecule has 1 aromatic rings. The summed E-state index contributed by atoms with van der Waals surface area (Å²) in [6.45, 7) is 6.10. The van der Waals surface area contributed by atoms with Crippen LogP contribution >= 0.6 is 0 Å². The lowest BCUT2D eigenvalue weighted by Gasteiger charge is -2.28. The van der Waals surface area contributed by atoms with E-state index in [-0.39, 0.29) is 30.2 Å². The van der Waals surface area contributed by atoms with Crippen LogP contribution in [0.4, 0.5) is 0 Å². The summed E-state index contributed by atoms with van der Waals surface area (Å²) in [5, 5.41) is 4.06. The zero-order valence-corrected chi connectivity index (χ0v) is 16.0. The Labute approximate surface area is 159 Å². The monoisotopic (exact) mass is 374 g/mol. The van der Waals surface area contributed by atoms with Gasteiger partial charge in [-0.1, -0.05) is 20.8 Å². The zero-order chi connectivity index (χ0) is 19.9. The van der Waals surface area contributed by atoms with E-state index in [1.165, 1.54) is 0 Å². The summed E-state index contributed by atoms with van der Waals surface area (Å²) in [5.41, 5.74) is 3.41. The number of esters is 1. The molecule has 1 aliphatic carbocycles. The van der Waals surface area contributed by atoms with Crippen molar-refractivity contribution in [2.24, 2.45) is 10.5 Å². The van der Waals surface area contributed by atoms with Crippen molar-refractivity contribution in [1.29, 1.82) is 0 Å². The Morgan fingerprint density at radius 3 is 2.52 bits per heavy atom. The third kappa shape index (κ3) is 6.84. The average molecular weight is 374 g/mol. The van der Waals surface area contributed by atoms with Gasteiger partial charge in [0.25, 0.3) is 5.91 Å². The Hall–Kier alpha value is -2.70. The van der Waals surface area contributed by atoms with E-state index in [1.807, 2.05) is 20.8 Å². The first-order chi connectivity index (χ1) is 12.8. The number of hydrogen-bond acceptors (Lipinski definition) is 6. The molecule has 1 amide bonds. The molecule has 1 fully saturated rings. The number of amides is 1. The Morgan fingerprint density at radius 1 is 1.19 bits per heavy atom. The van der Waals surface area contributed by atoms with Gasteiger partial charge in [0.2, 0.25) is 0 Å². The van der Waals surface area contributed by atoms with E-state index in [4.69, 9.17) is 9.47 Å². The van der Waals surface area contributed by atoms with E-state index < -0.39 is 5.91 Å². The molecule has 0 aromatic heterocycles. The predicted molar refractivity (Wildman–Crippen MR) is 101 cm³/mol. The number of Topliss-reactive ketones (excluding diaryl/α,β-unsaturated/α-hetero) is 1. The van der Waals surface area contributed by atoms with E-state index in [2.05, 4.69) is 10.5 Å². The molecule has 0 saturated heterocycles. The van der Waals surface area contributed by atoms with Crippen LogP contribution in [0.15, 0.2) is 29.4 Å². The van der Waals surface area contributed by atoms with Crippen LogP contribution in [0.3, 0.4) is 0 Å². The third-order valence-corrected chi connectivity index (χ3v) is 4.00. The van der Waals surface area contributed by atoms with E-state index >= 15 is 0 Å². The van der Waals surface area contributed by atoms with Crippen LogP contribution in [0.2, 0.25) is 0 Å². The lowest BCUT2D eigenvalue weighted by Crippen LogP contribution is -2.32. The van der Waals surface area contributed by atoms with E-state index in [9.17, 15) is 14.4 Å².